The Hall–Kier alpha value is -3.28. The van der Waals surface area contributed by atoms with Gasteiger partial charge in [-0.3, -0.25) is 5.32 Å². The van der Waals surface area contributed by atoms with Crippen LogP contribution in [0.5, 0.6) is 0 Å². The van der Waals surface area contributed by atoms with Crippen molar-refractivity contribution in [2.45, 2.75) is 27.2 Å². The summed E-state index contributed by atoms with van der Waals surface area (Å²) in [6.07, 6.45) is 0.878. The van der Waals surface area contributed by atoms with Gasteiger partial charge in [-0.05, 0) is 55.7 Å². The number of aryl methyl sites for hydroxylation is 2. The zero-order valence-electron chi connectivity index (χ0n) is 15.7. The molecule has 0 unspecified atom stereocenters. The number of hydrogen-bond acceptors (Lipinski definition) is 4. The van der Waals surface area contributed by atoms with Crippen molar-refractivity contribution in [3.8, 4) is 0 Å². The van der Waals surface area contributed by atoms with Crippen LogP contribution < -0.4 is 21.6 Å². The van der Waals surface area contributed by atoms with E-state index in [1.54, 1.807) is 12.1 Å². The summed E-state index contributed by atoms with van der Waals surface area (Å²) < 4.78 is 5.36. The summed E-state index contributed by atoms with van der Waals surface area (Å²) >= 11 is 0. The van der Waals surface area contributed by atoms with Crippen LogP contribution in [0.3, 0.4) is 0 Å². The summed E-state index contributed by atoms with van der Waals surface area (Å²) in [5.74, 6) is 0. The molecular weight excluding hydrogens is 342 g/mol. The molecule has 6 heteroatoms. The Morgan fingerprint density at radius 2 is 1.78 bits per heavy atom. The molecule has 2 aromatic carbocycles. The van der Waals surface area contributed by atoms with Crippen molar-refractivity contribution < 1.29 is 9.21 Å². The minimum absolute atomic E-state index is 0.100. The number of nitrogens with one attached hydrogen (secondary N) is 3. The highest BCUT2D eigenvalue weighted by Gasteiger charge is 2.16. The summed E-state index contributed by atoms with van der Waals surface area (Å²) in [4.78, 5) is 24.9. The molecule has 3 N–H and O–H groups in total. The van der Waals surface area contributed by atoms with E-state index < -0.39 is 11.7 Å². The molecule has 0 atom stereocenters. The van der Waals surface area contributed by atoms with Crippen LogP contribution in [0.1, 0.15) is 24.5 Å². The van der Waals surface area contributed by atoms with Crippen molar-refractivity contribution in [3.05, 3.63) is 64.0 Å². The van der Waals surface area contributed by atoms with Crippen molar-refractivity contribution in [1.29, 1.82) is 0 Å². The Morgan fingerprint density at radius 1 is 1.00 bits per heavy atom. The van der Waals surface area contributed by atoms with Crippen molar-refractivity contribution in [1.82, 2.24) is 0 Å². The van der Waals surface area contributed by atoms with E-state index in [0.29, 0.717) is 23.5 Å². The second-order valence-corrected chi connectivity index (χ2v) is 6.44. The molecule has 0 saturated heterocycles. The van der Waals surface area contributed by atoms with Gasteiger partial charge in [0.1, 0.15) is 5.58 Å². The highest BCUT2D eigenvalue weighted by molar-refractivity contribution is 6.05. The summed E-state index contributed by atoms with van der Waals surface area (Å²) in [7, 11) is 0. The highest BCUT2D eigenvalue weighted by Crippen LogP contribution is 2.28. The van der Waals surface area contributed by atoms with E-state index in [1.165, 1.54) is 0 Å². The standard InChI is InChI=1S/C21H23N3O3/c1-4-11-22-18-16-7-5-6-8-17(16)27-20(25)19(18)24-21(26)23-15-10-9-13(2)14(3)12-15/h5-10,12,22H,4,11H2,1-3H3,(H2,23,24,26). The number of urea groups is 1. The monoisotopic (exact) mass is 365 g/mol. The van der Waals surface area contributed by atoms with Gasteiger partial charge >= 0.3 is 11.7 Å². The zero-order valence-corrected chi connectivity index (χ0v) is 15.7. The van der Waals surface area contributed by atoms with Gasteiger partial charge in [-0.15, -0.1) is 0 Å². The van der Waals surface area contributed by atoms with Gasteiger partial charge in [0.05, 0.1) is 5.69 Å². The van der Waals surface area contributed by atoms with Crippen LogP contribution >= 0.6 is 0 Å². The van der Waals surface area contributed by atoms with Crippen molar-refractivity contribution in [2.24, 2.45) is 0 Å². The lowest BCUT2D eigenvalue weighted by molar-refractivity contribution is 0.262. The first-order chi connectivity index (χ1) is 13.0. The van der Waals surface area contributed by atoms with Gasteiger partial charge in [0.15, 0.2) is 5.69 Å². The number of amides is 2. The quantitative estimate of drug-likeness (QED) is 0.563. The van der Waals surface area contributed by atoms with E-state index in [1.807, 2.05) is 51.1 Å². The lowest BCUT2D eigenvalue weighted by Gasteiger charge is -2.14. The van der Waals surface area contributed by atoms with Gasteiger partial charge in [-0.1, -0.05) is 25.1 Å². The van der Waals surface area contributed by atoms with Gasteiger partial charge in [-0.25, -0.2) is 9.59 Å². The molecule has 0 aliphatic rings. The number of hydrogen-bond donors (Lipinski definition) is 3. The summed E-state index contributed by atoms with van der Waals surface area (Å²) in [5, 5.41) is 9.37. The third-order valence-electron chi connectivity index (χ3n) is 4.37. The number of para-hydroxylation sites is 1. The third kappa shape index (κ3) is 4.11. The van der Waals surface area contributed by atoms with Crippen LogP contribution in [0.25, 0.3) is 11.0 Å². The molecule has 3 rings (SSSR count). The fourth-order valence-corrected chi connectivity index (χ4v) is 2.79. The molecule has 27 heavy (non-hydrogen) atoms. The number of benzene rings is 2. The third-order valence-corrected chi connectivity index (χ3v) is 4.37. The molecule has 0 radical (unpaired) electrons. The van der Waals surface area contributed by atoms with Gasteiger partial charge in [0.2, 0.25) is 0 Å². The largest absolute Gasteiger partial charge is 0.421 e. The predicted octanol–water partition coefficient (Wildman–Crippen LogP) is 4.88. The average molecular weight is 365 g/mol. The van der Waals surface area contributed by atoms with Gasteiger partial charge in [-0.2, -0.15) is 0 Å². The fourth-order valence-electron chi connectivity index (χ4n) is 2.79. The lowest BCUT2D eigenvalue weighted by Crippen LogP contribution is -2.24. The minimum atomic E-state index is -0.595. The van der Waals surface area contributed by atoms with E-state index in [-0.39, 0.29) is 5.69 Å². The maximum atomic E-state index is 12.5. The maximum Gasteiger partial charge on any atom is 0.362 e. The van der Waals surface area contributed by atoms with Crippen molar-refractivity contribution in [3.63, 3.8) is 0 Å². The number of anilines is 3. The Labute approximate surface area is 157 Å². The zero-order chi connectivity index (χ0) is 19.4. The molecule has 0 bridgehead atoms. The second-order valence-electron chi connectivity index (χ2n) is 6.44. The topological polar surface area (TPSA) is 83.4 Å². The molecule has 0 aliphatic carbocycles. The van der Waals surface area contributed by atoms with E-state index in [0.717, 1.165) is 22.9 Å². The van der Waals surface area contributed by atoms with Crippen LogP contribution in [0.2, 0.25) is 0 Å². The van der Waals surface area contributed by atoms with Crippen LogP contribution in [-0.4, -0.2) is 12.6 Å². The van der Waals surface area contributed by atoms with Crippen LogP contribution in [-0.2, 0) is 0 Å². The normalized spacial score (nSPS) is 10.6. The van der Waals surface area contributed by atoms with E-state index in [4.69, 9.17) is 4.42 Å². The smallest absolute Gasteiger partial charge is 0.362 e. The first-order valence-corrected chi connectivity index (χ1v) is 8.94. The minimum Gasteiger partial charge on any atom is -0.421 e. The molecule has 1 aromatic heterocycles. The number of carbonyl (C=O) groups is 1. The molecule has 0 spiro atoms. The van der Waals surface area contributed by atoms with Crippen LogP contribution in [0.4, 0.5) is 21.9 Å². The molecular formula is C21H23N3O3. The van der Waals surface area contributed by atoms with Crippen molar-refractivity contribution in [2.75, 3.05) is 22.5 Å². The predicted molar refractivity (Wildman–Crippen MR) is 110 cm³/mol. The van der Waals surface area contributed by atoms with Crippen LogP contribution in [0, 0.1) is 13.8 Å². The Bertz CT molecular complexity index is 1040. The SMILES string of the molecule is CCCNc1c(NC(=O)Nc2ccc(C)c(C)c2)c(=O)oc2ccccc12. The Morgan fingerprint density at radius 3 is 2.52 bits per heavy atom. The van der Waals surface area contributed by atoms with Gasteiger partial charge < -0.3 is 15.1 Å². The van der Waals surface area contributed by atoms with Crippen LogP contribution in [0.15, 0.2) is 51.7 Å². The van der Waals surface area contributed by atoms with Crippen molar-refractivity contribution >= 4 is 34.1 Å². The summed E-state index contributed by atoms with van der Waals surface area (Å²) in [6, 6.07) is 12.4. The summed E-state index contributed by atoms with van der Waals surface area (Å²) in [6.45, 7) is 6.68. The number of rotatable bonds is 5. The molecule has 3 aromatic rings. The number of fused-ring (bicyclic) bond motifs is 1. The van der Waals surface area contributed by atoms with E-state index in [9.17, 15) is 9.59 Å². The molecule has 0 fully saturated rings. The first-order valence-electron chi connectivity index (χ1n) is 8.94. The highest BCUT2D eigenvalue weighted by atomic mass is 16.4. The molecule has 0 aliphatic heterocycles. The van der Waals surface area contributed by atoms with Gasteiger partial charge in [0, 0.05) is 17.6 Å². The Kier molecular flexibility index (Phi) is 5.45. The molecule has 140 valence electrons. The maximum absolute atomic E-state index is 12.5. The number of carbonyl (C=O) groups excluding carboxylic acids is 1. The van der Waals surface area contributed by atoms with Gasteiger partial charge in [0.25, 0.3) is 0 Å². The van der Waals surface area contributed by atoms with E-state index >= 15 is 0 Å². The first kappa shape index (κ1) is 18.5. The van der Waals surface area contributed by atoms with E-state index in [2.05, 4.69) is 16.0 Å². The fraction of sp³-hybridized carbons (Fsp3) is 0.238. The molecule has 2 amide bonds. The summed E-state index contributed by atoms with van der Waals surface area (Å²) in [5.41, 5.74) is 3.42. The molecule has 0 saturated carbocycles. The molecule has 6 nitrogen and oxygen atoms in total. The Balaban J connectivity index is 1.92. The lowest BCUT2D eigenvalue weighted by atomic mass is 10.1. The second kappa shape index (κ2) is 7.95. The average Bonchev–Trinajstić information content (AvgIpc) is 2.64. The molecule has 1 heterocycles.